The highest BCUT2D eigenvalue weighted by Crippen LogP contribution is 2.45. The molecule has 1 spiro atoms. The van der Waals surface area contributed by atoms with Gasteiger partial charge in [-0.05, 0) is 59.0 Å². The van der Waals surface area contributed by atoms with Crippen LogP contribution in [0.2, 0.25) is 0 Å². The second-order valence-electron chi connectivity index (χ2n) is 13.6. The van der Waals surface area contributed by atoms with Crippen molar-refractivity contribution in [2.24, 2.45) is 5.41 Å². The van der Waals surface area contributed by atoms with Gasteiger partial charge in [0.15, 0.2) is 5.13 Å². The zero-order chi connectivity index (χ0) is 35.3. The van der Waals surface area contributed by atoms with Gasteiger partial charge >= 0.3 is 6.03 Å². The Balaban J connectivity index is 1.23. The molecule has 0 saturated carbocycles. The summed E-state index contributed by atoms with van der Waals surface area (Å²) in [7, 11) is 0. The van der Waals surface area contributed by atoms with E-state index in [0.29, 0.717) is 42.7 Å². The van der Waals surface area contributed by atoms with Crippen LogP contribution in [0, 0.1) is 23.7 Å². The Morgan fingerprint density at radius 3 is 2.06 bits per heavy atom. The van der Waals surface area contributed by atoms with Gasteiger partial charge in [0.25, 0.3) is 0 Å². The normalized spacial score (nSPS) is 14.8. The summed E-state index contributed by atoms with van der Waals surface area (Å²) < 4.78 is 7.44. The van der Waals surface area contributed by atoms with Gasteiger partial charge in [-0.2, -0.15) is 5.26 Å². The van der Waals surface area contributed by atoms with Crippen LogP contribution in [-0.2, 0) is 10.3 Å². The number of carbonyl (C=O) groups is 1. The molecule has 2 fully saturated rings. The Hall–Kier alpha value is -6.15. The fourth-order valence-electron chi connectivity index (χ4n) is 7.63. The average molecular weight is 700 g/mol. The smallest absolute Gasteiger partial charge is 0.323 e. The van der Waals surface area contributed by atoms with E-state index in [1.165, 1.54) is 11.3 Å². The number of aromatic nitrogens is 4. The molecule has 0 radical (unpaired) electrons. The summed E-state index contributed by atoms with van der Waals surface area (Å²) in [5.74, 6) is 0. The van der Waals surface area contributed by atoms with Crippen molar-refractivity contribution in [3.05, 3.63) is 155 Å². The number of aryl methyl sites for hydroxylation is 1. The van der Waals surface area contributed by atoms with Crippen LogP contribution in [0.4, 0.5) is 9.93 Å². The van der Waals surface area contributed by atoms with Crippen molar-refractivity contribution in [1.29, 1.82) is 5.26 Å². The minimum absolute atomic E-state index is 0.104. The number of likely N-dealkylation sites (tertiary alicyclic amines) is 1. The molecular formula is C42H33N7O2S. The van der Waals surface area contributed by atoms with Crippen LogP contribution in [0.1, 0.15) is 27.8 Å². The van der Waals surface area contributed by atoms with Gasteiger partial charge < -0.3 is 9.64 Å². The van der Waals surface area contributed by atoms with Gasteiger partial charge in [0.05, 0.1) is 46.3 Å². The summed E-state index contributed by atoms with van der Waals surface area (Å²) in [5.41, 5.74) is 7.86. The zero-order valence-electron chi connectivity index (χ0n) is 28.4. The second-order valence-corrected chi connectivity index (χ2v) is 14.6. The van der Waals surface area contributed by atoms with Crippen LogP contribution >= 0.6 is 11.3 Å². The molecule has 2 saturated heterocycles. The molecule has 0 unspecified atom stereocenters. The van der Waals surface area contributed by atoms with Crippen LogP contribution in [0.15, 0.2) is 127 Å². The number of nitrogens with zero attached hydrogens (tertiary/aromatic N) is 6. The van der Waals surface area contributed by atoms with E-state index in [4.69, 9.17) is 20.0 Å². The Morgan fingerprint density at radius 1 is 0.846 bits per heavy atom. The van der Waals surface area contributed by atoms with Crippen LogP contribution in [0.3, 0.4) is 0 Å². The number of hydrogen-bond acceptors (Lipinski definition) is 7. The van der Waals surface area contributed by atoms with Gasteiger partial charge in [-0.15, -0.1) is 5.10 Å². The topological polar surface area (TPSA) is 109 Å². The maximum atomic E-state index is 13.3. The van der Waals surface area contributed by atoms with Gasteiger partial charge in [0, 0.05) is 18.7 Å². The molecule has 52 heavy (non-hydrogen) atoms. The molecule has 2 amide bonds. The SMILES string of the molecule is Cc1cc(-c2sc(NC(=O)N3CC4(COC4)C3)nc2-c2cccc(C#N)c2)cc2c1nnn2C(c1ccccc1)(c1ccccc1)c1ccccc1. The third kappa shape index (κ3) is 5.17. The van der Waals surface area contributed by atoms with Crippen molar-refractivity contribution >= 4 is 33.5 Å². The van der Waals surface area contributed by atoms with E-state index >= 15 is 0 Å². The van der Waals surface area contributed by atoms with Crippen molar-refractivity contribution in [2.75, 3.05) is 31.6 Å². The summed E-state index contributed by atoms with van der Waals surface area (Å²) in [6.45, 7) is 4.79. The lowest BCUT2D eigenvalue weighted by molar-refractivity contribution is -0.174. The highest BCUT2D eigenvalue weighted by atomic mass is 32.1. The number of nitriles is 1. The Kier molecular flexibility index (Phi) is 7.68. The molecule has 1 N–H and O–H groups in total. The fraction of sp³-hybridized carbons (Fsp3) is 0.167. The lowest BCUT2D eigenvalue weighted by atomic mass is 9.77. The number of hydrogen-bond donors (Lipinski definition) is 1. The number of amides is 2. The molecular weight excluding hydrogens is 667 g/mol. The van der Waals surface area contributed by atoms with Gasteiger partial charge in [0.2, 0.25) is 0 Å². The second kappa shape index (κ2) is 12.6. The number of carbonyl (C=O) groups excluding carboxylic acids is 1. The summed E-state index contributed by atoms with van der Waals surface area (Å²) >= 11 is 1.42. The van der Waals surface area contributed by atoms with Crippen molar-refractivity contribution < 1.29 is 9.53 Å². The van der Waals surface area contributed by atoms with E-state index in [1.54, 1.807) is 11.0 Å². The van der Waals surface area contributed by atoms with Crippen molar-refractivity contribution in [2.45, 2.75) is 12.5 Å². The van der Waals surface area contributed by atoms with E-state index in [9.17, 15) is 10.1 Å². The quantitative estimate of drug-likeness (QED) is 0.169. The average Bonchev–Trinajstić information content (AvgIpc) is 3.78. The predicted molar refractivity (Wildman–Crippen MR) is 202 cm³/mol. The first-order valence-electron chi connectivity index (χ1n) is 17.2. The molecule has 4 heterocycles. The molecule has 254 valence electrons. The molecule has 2 aliphatic rings. The lowest BCUT2D eigenvalue weighted by Crippen LogP contribution is -2.67. The van der Waals surface area contributed by atoms with Crippen molar-refractivity contribution in [1.82, 2.24) is 24.9 Å². The van der Waals surface area contributed by atoms with E-state index in [1.807, 2.05) is 48.0 Å². The van der Waals surface area contributed by atoms with Gasteiger partial charge in [0.1, 0.15) is 11.1 Å². The largest absolute Gasteiger partial charge is 0.380 e. The van der Waals surface area contributed by atoms with Crippen LogP contribution in [0.5, 0.6) is 0 Å². The number of fused-ring (bicyclic) bond motifs is 1. The van der Waals surface area contributed by atoms with Crippen LogP contribution in [0.25, 0.3) is 32.7 Å². The number of urea groups is 1. The van der Waals surface area contributed by atoms with Crippen molar-refractivity contribution in [3.8, 4) is 27.8 Å². The van der Waals surface area contributed by atoms with Crippen LogP contribution < -0.4 is 5.32 Å². The highest BCUT2D eigenvalue weighted by Gasteiger charge is 2.51. The zero-order valence-corrected chi connectivity index (χ0v) is 29.2. The minimum atomic E-state index is -0.861. The third-order valence-corrected chi connectivity index (χ3v) is 11.2. The van der Waals surface area contributed by atoms with Crippen LogP contribution in [-0.4, -0.2) is 57.2 Å². The molecule has 0 bridgehead atoms. The predicted octanol–water partition coefficient (Wildman–Crippen LogP) is 8.11. The first kappa shape index (κ1) is 31.8. The molecule has 5 aromatic carbocycles. The van der Waals surface area contributed by atoms with E-state index in [-0.39, 0.29) is 11.4 Å². The number of benzene rings is 5. The maximum Gasteiger partial charge on any atom is 0.323 e. The van der Waals surface area contributed by atoms with Gasteiger partial charge in [-0.3, -0.25) is 5.32 Å². The Labute approximate surface area is 304 Å². The highest BCUT2D eigenvalue weighted by molar-refractivity contribution is 7.19. The maximum absolute atomic E-state index is 13.3. The number of ether oxygens (including phenoxy) is 1. The molecule has 2 aliphatic heterocycles. The fourth-order valence-corrected chi connectivity index (χ4v) is 8.59. The first-order valence-corrected chi connectivity index (χ1v) is 18.0. The number of thiazole rings is 1. The molecule has 10 heteroatoms. The Morgan fingerprint density at radius 2 is 1.48 bits per heavy atom. The summed E-state index contributed by atoms with van der Waals surface area (Å²) in [6.07, 6.45) is 0. The standard InChI is InChI=1S/C42H33N7O2S/c1-28-20-31(38-37(30-13-11-12-29(21-30)23-43)44-39(52-38)45-40(50)48-24-41(25-48)26-51-27-41)22-35-36(28)46-47-49(35)42(32-14-5-2-6-15-32,33-16-7-3-8-17-33)34-18-9-4-10-19-34/h2-22H,24-27H2,1H3,(H,44,45,50). The first-order chi connectivity index (χ1) is 25.5. The Bertz CT molecular complexity index is 2380. The molecule has 9 nitrogen and oxygen atoms in total. The molecule has 0 aliphatic carbocycles. The van der Waals surface area contributed by atoms with E-state index < -0.39 is 5.54 Å². The van der Waals surface area contributed by atoms with Crippen molar-refractivity contribution in [3.63, 3.8) is 0 Å². The lowest BCUT2D eigenvalue weighted by Gasteiger charge is -2.54. The minimum Gasteiger partial charge on any atom is -0.380 e. The summed E-state index contributed by atoms with van der Waals surface area (Å²) in [5, 5.41) is 23.0. The molecule has 2 aromatic heterocycles. The number of nitrogens with one attached hydrogen (secondary N) is 1. The van der Waals surface area contributed by atoms with Gasteiger partial charge in [-0.1, -0.05) is 120 Å². The number of anilines is 1. The summed E-state index contributed by atoms with van der Waals surface area (Å²) in [6, 6.07) is 45.0. The third-order valence-electron chi connectivity index (χ3n) is 10.2. The number of rotatable bonds is 7. The van der Waals surface area contributed by atoms with E-state index in [0.717, 1.165) is 49.3 Å². The summed E-state index contributed by atoms with van der Waals surface area (Å²) in [4.78, 5) is 21.0. The van der Waals surface area contributed by atoms with Gasteiger partial charge in [-0.25, -0.2) is 14.5 Å². The van der Waals surface area contributed by atoms with E-state index in [2.05, 4.69) is 96.3 Å². The monoisotopic (exact) mass is 699 g/mol. The molecule has 7 aromatic rings. The molecule has 0 atom stereocenters. The molecule has 9 rings (SSSR count).